The van der Waals surface area contributed by atoms with Crippen LogP contribution in [0.15, 0.2) is 52.4 Å². The molecule has 0 radical (unpaired) electrons. The van der Waals surface area contributed by atoms with Gasteiger partial charge in [-0.2, -0.15) is 0 Å². The van der Waals surface area contributed by atoms with Crippen molar-refractivity contribution in [3.8, 4) is 0 Å². The Hall–Kier alpha value is -2.57. The number of amidine groups is 1. The maximum Gasteiger partial charge on any atom is 0.264 e. The van der Waals surface area contributed by atoms with Gasteiger partial charge in [0.05, 0.1) is 16.1 Å². The number of amides is 1. The Bertz CT molecular complexity index is 1190. The zero-order chi connectivity index (χ0) is 23.0. The minimum Gasteiger partial charge on any atom is -0.362 e. The number of nitrogens with zero attached hydrogens (tertiary/aromatic N) is 2. The van der Waals surface area contributed by atoms with Crippen LogP contribution in [0.3, 0.4) is 0 Å². The lowest BCUT2D eigenvalue weighted by Crippen LogP contribution is -2.45. The van der Waals surface area contributed by atoms with Crippen molar-refractivity contribution < 1.29 is 9.18 Å². The van der Waals surface area contributed by atoms with Crippen LogP contribution in [-0.4, -0.2) is 23.2 Å². The summed E-state index contributed by atoms with van der Waals surface area (Å²) < 4.78 is 15.2. The highest BCUT2D eigenvalue weighted by molar-refractivity contribution is 8.18. The minimum absolute atomic E-state index is 0.188. The molecule has 166 valence electrons. The fourth-order valence-corrected chi connectivity index (χ4v) is 5.16. The molecule has 4 nitrogen and oxygen atoms in total. The van der Waals surface area contributed by atoms with E-state index in [0.717, 1.165) is 29.8 Å². The Balaban J connectivity index is 1.68. The molecule has 0 atom stereocenters. The van der Waals surface area contributed by atoms with Gasteiger partial charge in [-0.15, -0.1) is 0 Å². The van der Waals surface area contributed by atoms with E-state index < -0.39 is 0 Å². The molecule has 4 rings (SSSR count). The van der Waals surface area contributed by atoms with E-state index in [1.54, 1.807) is 36.4 Å². The number of fused-ring (bicyclic) bond motifs is 1. The molecule has 0 aliphatic carbocycles. The van der Waals surface area contributed by atoms with Crippen LogP contribution in [0.1, 0.15) is 45.2 Å². The number of carbonyl (C=O) groups is 1. The molecule has 2 heterocycles. The normalized spacial score (nSPS) is 19.9. The molecule has 7 heteroatoms. The second-order valence-electron chi connectivity index (χ2n) is 8.49. The van der Waals surface area contributed by atoms with Crippen molar-refractivity contribution in [2.45, 2.75) is 39.7 Å². The molecule has 32 heavy (non-hydrogen) atoms. The van der Waals surface area contributed by atoms with E-state index in [9.17, 15) is 4.79 Å². The van der Waals surface area contributed by atoms with Gasteiger partial charge >= 0.3 is 0 Å². The first-order chi connectivity index (χ1) is 15.2. The summed E-state index contributed by atoms with van der Waals surface area (Å²) in [5.41, 5.74) is 3.82. The lowest BCUT2D eigenvalue weighted by molar-refractivity contribution is -0.115. The van der Waals surface area contributed by atoms with Crippen molar-refractivity contribution in [3.05, 3.63) is 69.3 Å². The Labute approximate surface area is 197 Å². The van der Waals surface area contributed by atoms with Crippen LogP contribution in [0.25, 0.3) is 11.6 Å². The molecule has 1 amide bonds. The number of rotatable bonds is 4. The van der Waals surface area contributed by atoms with Crippen molar-refractivity contribution in [3.63, 3.8) is 0 Å². The fraction of sp³-hybridized carbons (Fsp3) is 0.280. The third-order valence-electron chi connectivity index (χ3n) is 5.52. The molecule has 0 unspecified atom stereocenters. The number of nitrogens with one attached hydrogen (secondary N) is 1. The molecule has 1 fully saturated rings. The number of hydrogen-bond acceptors (Lipinski definition) is 4. The van der Waals surface area contributed by atoms with E-state index in [-0.39, 0.29) is 17.3 Å². The van der Waals surface area contributed by atoms with Crippen LogP contribution in [0, 0.1) is 5.82 Å². The van der Waals surface area contributed by atoms with E-state index >= 15 is 4.39 Å². The third-order valence-corrected chi connectivity index (χ3v) is 6.66. The lowest BCUT2D eigenvalue weighted by Gasteiger charge is -2.43. The predicted molar refractivity (Wildman–Crippen MR) is 134 cm³/mol. The quantitative estimate of drug-likeness (QED) is 0.502. The van der Waals surface area contributed by atoms with Gasteiger partial charge in [0.2, 0.25) is 0 Å². The Kier molecular flexibility index (Phi) is 6.19. The third kappa shape index (κ3) is 4.48. The highest BCUT2D eigenvalue weighted by Crippen LogP contribution is 2.41. The van der Waals surface area contributed by atoms with Crippen molar-refractivity contribution in [2.24, 2.45) is 4.99 Å². The SMILES string of the molecule is CCCN1c2cc(F)c(/C=C3/SC(=Nc4cccc(Cl)c4)NC3=O)cc2C(C)=CC1(C)C. The number of benzene rings is 2. The van der Waals surface area contributed by atoms with E-state index in [1.807, 2.05) is 13.0 Å². The number of halogens is 2. The second kappa shape index (κ2) is 8.75. The maximum atomic E-state index is 15.2. The number of aliphatic imine (C=N–C) groups is 1. The summed E-state index contributed by atoms with van der Waals surface area (Å²) in [6.45, 7) is 9.29. The molecule has 0 spiro atoms. The number of carbonyl (C=O) groups excluding carboxylic acids is 1. The highest BCUT2D eigenvalue weighted by Gasteiger charge is 2.32. The molecule has 1 saturated heterocycles. The fourth-order valence-electron chi connectivity index (χ4n) is 4.14. The molecular formula is C25H25ClFN3OS. The molecule has 0 aromatic heterocycles. The smallest absolute Gasteiger partial charge is 0.264 e. The topological polar surface area (TPSA) is 44.7 Å². The molecule has 0 bridgehead atoms. The average Bonchev–Trinajstić information content (AvgIpc) is 3.04. The van der Waals surface area contributed by atoms with Gasteiger partial charge in [-0.3, -0.25) is 4.79 Å². The van der Waals surface area contributed by atoms with Crippen LogP contribution < -0.4 is 10.2 Å². The van der Waals surface area contributed by atoms with Gasteiger partial charge in [0, 0.05) is 28.4 Å². The van der Waals surface area contributed by atoms with Crippen LogP contribution in [-0.2, 0) is 4.79 Å². The first-order valence-corrected chi connectivity index (χ1v) is 11.7. The van der Waals surface area contributed by atoms with E-state index in [2.05, 4.69) is 42.1 Å². The number of anilines is 1. The molecule has 2 aliphatic heterocycles. The summed E-state index contributed by atoms with van der Waals surface area (Å²) >= 11 is 7.19. The van der Waals surface area contributed by atoms with Gasteiger partial charge in [0.15, 0.2) is 5.17 Å². The number of hydrogen-bond donors (Lipinski definition) is 1. The van der Waals surface area contributed by atoms with Gasteiger partial charge in [-0.05, 0) is 80.9 Å². The molecule has 2 aromatic carbocycles. The zero-order valence-corrected chi connectivity index (χ0v) is 20.1. The van der Waals surface area contributed by atoms with Crippen LogP contribution in [0.2, 0.25) is 5.02 Å². The minimum atomic E-state index is -0.350. The Morgan fingerprint density at radius 3 is 2.78 bits per heavy atom. The number of thioether (sulfide) groups is 1. The standard InChI is InChI=1S/C25H25ClFN3OS/c1-5-9-30-21-13-20(27)16(10-19(21)15(2)14-25(30,3)4)11-22-23(31)29-24(32-22)28-18-8-6-7-17(26)12-18/h6-8,10-14H,5,9H2,1-4H3,(H,28,29,31)/b22-11+. The zero-order valence-electron chi connectivity index (χ0n) is 18.5. The van der Waals surface area contributed by atoms with E-state index in [1.165, 1.54) is 11.8 Å². The largest absolute Gasteiger partial charge is 0.362 e. The number of allylic oxidation sites excluding steroid dienone is 1. The first-order valence-electron chi connectivity index (χ1n) is 10.5. The van der Waals surface area contributed by atoms with Gasteiger partial charge in [0.1, 0.15) is 5.82 Å². The molecular weight excluding hydrogens is 445 g/mol. The van der Waals surface area contributed by atoms with Crippen molar-refractivity contribution in [1.29, 1.82) is 0 Å². The monoisotopic (exact) mass is 469 g/mol. The van der Waals surface area contributed by atoms with Gasteiger partial charge in [-0.1, -0.05) is 30.7 Å². The molecule has 2 aromatic rings. The summed E-state index contributed by atoms with van der Waals surface area (Å²) in [4.78, 5) is 19.5. The summed E-state index contributed by atoms with van der Waals surface area (Å²) in [5, 5.41) is 3.74. The van der Waals surface area contributed by atoms with Crippen molar-refractivity contribution in [1.82, 2.24) is 5.32 Å². The first kappa shape index (κ1) is 22.6. The molecule has 2 aliphatic rings. The Morgan fingerprint density at radius 1 is 1.28 bits per heavy atom. The van der Waals surface area contributed by atoms with Crippen molar-refractivity contribution >= 4 is 57.5 Å². The second-order valence-corrected chi connectivity index (χ2v) is 9.95. The molecule has 1 N–H and O–H groups in total. The van der Waals surface area contributed by atoms with Gasteiger partial charge in [0.25, 0.3) is 5.91 Å². The van der Waals surface area contributed by atoms with Crippen LogP contribution >= 0.6 is 23.4 Å². The van der Waals surface area contributed by atoms with Crippen LogP contribution in [0.5, 0.6) is 0 Å². The van der Waals surface area contributed by atoms with Gasteiger partial charge in [-0.25, -0.2) is 9.38 Å². The van der Waals surface area contributed by atoms with Crippen LogP contribution in [0.4, 0.5) is 15.8 Å². The maximum absolute atomic E-state index is 15.2. The summed E-state index contributed by atoms with van der Waals surface area (Å²) in [5.74, 6) is -0.648. The lowest BCUT2D eigenvalue weighted by atomic mass is 9.87. The van der Waals surface area contributed by atoms with E-state index in [0.29, 0.717) is 26.3 Å². The van der Waals surface area contributed by atoms with Gasteiger partial charge < -0.3 is 10.2 Å². The highest BCUT2D eigenvalue weighted by atomic mass is 35.5. The summed E-state index contributed by atoms with van der Waals surface area (Å²) in [6, 6.07) is 10.5. The summed E-state index contributed by atoms with van der Waals surface area (Å²) in [7, 11) is 0. The predicted octanol–water partition coefficient (Wildman–Crippen LogP) is 6.78. The summed E-state index contributed by atoms with van der Waals surface area (Å²) in [6.07, 6.45) is 4.77. The van der Waals surface area contributed by atoms with E-state index in [4.69, 9.17) is 11.6 Å². The molecule has 0 saturated carbocycles. The van der Waals surface area contributed by atoms with Crippen molar-refractivity contribution in [2.75, 3.05) is 11.4 Å². The Morgan fingerprint density at radius 2 is 2.06 bits per heavy atom. The average molecular weight is 470 g/mol.